The number of rotatable bonds is 4. The van der Waals surface area contributed by atoms with Crippen molar-refractivity contribution in [2.24, 2.45) is 5.73 Å². The van der Waals surface area contributed by atoms with Crippen molar-refractivity contribution >= 4 is 33.2 Å². The normalized spacial score (nSPS) is 11.2. The Kier molecular flexibility index (Phi) is 4.39. The minimum atomic E-state index is -3.94. The highest BCUT2D eigenvalue weighted by Crippen LogP contribution is 2.24. The molecule has 1 amide bonds. The van der Waals surface area contributed by atoms with Crippen molar-refractivity contribution in [3.63, 3.8) is 0 Å². The smallest absolute Gasteiger partial charge is 0.261 e. The van der Waals surface area contributed by atoms with Gasteiger partial charge in [-0.05, 0) is 43.3 Å². The predicted molar refractivity (Wildman–Crippen MR) is 81.9 cm³/mol. The highest BCUT2D eigenvalue weighted by molar-refractivity contribution is 7.92. The van der Waals surface area contributed by atoms with Crippen LogP contribution in [0.5, 0.6) is 0 Å². The Morgan fingerprint density at radius 3 is 2.36 bits per heavy atom. The van der Waals surface area contributed by atoms with Crippen LogP contribution < -0.4 is 10.5 Å². The van der Waals surface area contributed by atoms with Crippen molar-refractivity contribution < 1.29 is 17.6 Å². The summed E-state index contributed by atoms with van der Waals surface area (Å²) >= 11 is 5.71. The van der Waals surface area contributed by atoms with Crippen molar-refractivity contribution in [2.45, 2.75) is 11.8 Å². The highest BCUT2D eigenvalue weighted by atomic mass is 35.5. The molecule has 0 unspecified atom stereocenters. The summed E-state index contributed by atoms with van der Waals surface area (Å²) in [5, 5.41) is 0.386. The standard InChI is InChI=1S/C14H12ClFN2O3S/c1-8-12(16)6-9(14(17)19)7-13(8)18-22(20,21)11-4-2-10(15)3-5-11/h2-7,18H,1H3,(H2,17,19). The van der Waals surface area contributed by atoms with Gasteiger partial charge in [-0.1, -0.05) is 11.6 Å². The largest absolute Gasteiger partial charge is 0.366 e. The Balaban J connectivity index is 2.45. The fourth-order valence-electron chi connectivity index (χ4n) is 1.74. The lowest BCUT2D eigenvalue weighted by molar-refractivity contribution is 0.1000. The van der Waals surface area contributed by atoms with Gasteiger partial charge >= 0.3 is 0 Å². The van der Waals surface area contributed by atoms with E-state index in [0.29, 0.717) is 5.02 Å². The van der Waals surface area contributed by atoms with Crippen LogP contribution in [-0.2, 0) is 10.0 Å². The SMILES string of the molecule is Cc1c(F)cc(C(N)=O)cc1NS(=O)(=O)c1ccc(Cl)cc1. The third kappa shape index (κ3) is 3.37. The van der Waals surface area contributed by atoms with Crippen LogP contribution in [0.3, 0.4) is 0 Å². The summed E-state index contributed by atoms with van der Waals surface area (Å²) in [6.45, 7) is 1.39. The molecule has 5 nitrogen and oxygen atoms in total. The lowest BCUT2D eigenvalue weighted by Gasteiger charge is -2.12. The van der Waals surface area contributed by atoms with E-state index in [1.165, 1.54) is 37.3 Å². The number of amides is 1. The zero-order chi connectivity index (χ0) is 16.5. The minimum absolute atomic E-state index is 0.0406. The van der Waals surface area contributed by atoms with Crippen LogP contribution in [0.1, 0.15) is 15.9 Å². The van der Waals surface area contributed by atoms with Crippen LogP contribution in [0.4, 0.5) is 10.1 Å². The average Bonchev–Trinajstić information content (AvgIpc) is 2.43. The molecule has 0 radical (unpaired) electrons. The molecule has 2 aromatic carbocycles. The van der Waals surface area contributed by atoms with Crippen LogP contribution >= 0.6 is 11.6 Å². The molecule has 0 aliphatic heterocycles. The first-order valence-corrected chi connectivity index (χ1v) is 7.95. The lowest BCUT2D eigenvalue weighted by atomic mass is 10.1. The van der Waals surface area contributed by atoms with Crippen LogP contribution in [-0.4, -0.2) is 14.3 Å². The van der Waals surface area contributed by atoms with Crippen molar-refractivity contribution in [2.75, 3.05) is 4.72 Å². The number of carbonyl (C=O) groups is 1. The molecular formula is C14H12ClFN2O3S. The number of anilines is 1. The first-order chi connectivity index (χ1) is 10.2. The minimum Gasteiger partial charge on any atom is -0.366 e. The first kappa shape index (κ1) is 16.3. The van der Waals surface area contributed by atoms with Crippen molar-refractivity contribution in [3.8, 4) is 0 Å². The molecule has 0 spiro atoms. The van der Waals surface area contributed by atoms with Gasteiger partial charge in [0, 0.05) is 16.1 Å². The predicted octanol–water partition coefficient (Wildman–Crippen LogP) is 2.69. The number of primary amides is 1. The monoisotopic (exact) mass is 342 g/mol. The molecule has 0 saturated heterocycles. The van der Waals surface area contributed by atoms with Gasteiger partial charge in [0.15, 0.2) is 0 Å². The molecule has 0 heterocycles. The third-order valence-electron chi connectivity index (χ3n) is 3.00. The highest BCUT2D eigenvalue weighted by Gasteiger charge is 2.18. The number of nitrogens with one attached hydrogen (secondary N) is 1. The number of benzene rings is 2. The van der Waals surface area contributed by atoms with E-state index >= 15 is 0 Å². The Labute approximate surface area is 131 Å². The van der Waals surface area contributed by atoms with Gasteiger partial charge in [0.1, 0.15) is 5.82 Å². The Bertz CT molecular complexity index is 836. The fourth-order valence-corrected chi connectivity index (χ4v) is 2.98. The van der Waals surface area contributed by atoms with Gasteiger partial charge in [0.25, 0.3) is 10.0 Å². The Morgan fingerprint density at radius 1 is 1.23 bits per heavy atom. The van der Waals surface area contributed by atoms with Gasteiger partial charge in [-0.25, -0.2) is 12.8 Å². The second-order valence-electron chi connectivity index (χ2n) is 4.55. The lowest BCUT2D eigenvalue weighted by Crippen LogP contribution is -2.16. The maximum absolute atomic E-state index is 13.8. The summed E-state index contributed by atoms with van der Waals surface area (Å²) < 4.78 is 40.5. The molecule has 0 fully saturated rings. The van der Waals surface area contributed by atoms with Crippen molar-refractivity contribution in [3.05, 3.63) is 58.4 Å². The van der Waals surface area contributed by atoms with Gasteiger partial charge in [-0.3, -0.25) is 9.52 Å². The molecule has 0 aliphatic carbocycles. The molecule has 3 N–H and O–H groups in total. The number of nitrogens with two attached hydrogens (primary N) is 1. The molecule has 0 aromatic heterocycles. The van der Waals surface area contributed by atoms with Crippen LogP contribution in [0.15, 0.2) is 41.3 Å². The molecule has 0 aliphatic rings. The number of hydrogen-bond acceptors (Lipinski definition) is 3. The van der Waals surface area contributed by atoms with E-state index in [4.69, 9.17) is 17.3 Å². The second-order valence-corrected chi connectivity index (χ2v) is 6.67. The number of hydrogen-bond donors (Lipinski definition) is 2. The van der Waals surface area contributed by atoms with Gasteiger partial charge in [-0.15, -0.1) is 0 Å². The van der Waals surface area contributed by atoms with E-state index in [-0.39, 0.29) is 21.7 Å². The zero-order valence-corrected chi connectivity index (χ0v) is 13.0. The topological polar surface area (TPSA) is 89.3 Å². The quantitative estimate of drug-likeness (QED) is 0.895. The first-order valence-electron chi connectivity index (χ1n) is 6.09. The Morgan fingerprint density at radius 2 is 1.82 bits per heavy atom. The maximum atomic E-state index is 13.8. The summed E-state index contributed by atoms with van der Waals surface area (Å²) in [4.78, 5) is 11.1. The molecule has 8 heteroatoms. The van der Waals surface area contributed by atoms with Crippen LogP contribution in [0.25, 0.3) is 0 Å². The third-order valence-corrected chi connectivity index (χ3v) is 4.63. The van der Waals surface area contributed by atoms with Gasteiger partial charge in [0.05, 0.1) is 10.6 Å². The molecule has 116 valence electrons. The van der Waals surface area contributed by atoms with Gasteiger partial charge in [-0.2, -0.15) is 0 Å². The number of halogens is 2. The fraction of sp³-hybridized carbons (Fsp3) is 0.0714. The molecule has 0 saturated carbocycles. The van der Waals surface area contributed by atoms with Crippen molar-refractivity contribution in [1.29, 1.82) is 0 Å². The van der Waals surface area contributed by atoms with E-state index < -0.39 is 21.7 Å². The van der Waals surface area contributed by atoms with Crippen LogP contribution in [0, 0.1) is 12.7 Å². The van der Waals surface area contributed by atoms with Crippen LogP contribution in [0.2, 0.25) is 5.02 Å². The van der Waals surface area contributed by atoms with E-state index in [1.54, 1.807) is 0 Å². The molecular weight excluding hydrogens is 331 g/mol. The molecule has 0 bridgehead atoms. The average molecular weight is 343 g/mol. The maximum Gasteiger partial charge on any atom is 0.261 e. The van der Waals surface area contributed by atoms with Crippen molar-refractivity contribution in [1.82, 2.24) is 0 Å². The van der Waals surface area contributed by atoms with Gasteiger partial charge < -0.3 is 5.73 Å². The zero-order valence-electron chi connectivity index (χ0n) is 11.4. The summed E-state index contributed by atoms with van der Waals surface area (Å²) in [5.41, 5.74) is 4.97. The van der Waals surface area contributed by atoms with E-state index in [9.17, 15) is 17.6 Å². The van der Waals surface area contributed by atoms with Gasteiger partial charge in [0.2, 0.25) is 5.91 Å². The van der Waals surface area contributed by atoms with E-state index in [0.717, 1.165) is 6.07 Å². The molecule has 2 rings (SSSR count). The molecule has 0 atom stereocenters. The molecule has 2 aromatic rings. The summed E-state index contributed by atoms with van der Waals surface area (Å²) in [6, 6.07) is 7.61. The summed E-state index contributed by atoms with van der Waals surface area (Å²) in [5.74, 6) is -1.59. The Hall–Kier alpha value is -2.12. The number of sulfonamides is 1. The second kappa shape index (κ2) is 5.94. The van der Waals surface area contributed by atoms with E-state index in [2.05, 4.69) is 4.72 Å². The number of carbonyl (C=O) groups excluding carboxylic acids is 1. The van der Waals surface area contributed by atoms with E-state index in [1.807, 2.05) is 0 Å². The molecule has 22 heavy (non-hydrogen) atoms. The summed E-state index contributed by atoms with van der Waals surface area (Å²) in [7, 11) is -3.94. The summed E-state index contributed by atoms with van der Waals surface area (Å²) in [6.07, 6.45) is 0.